The van der Waals surface area contributed by atoms with Crippen molar-refractivity contribution in [3.8, 4) is 11.5 Å². The van der Waals surface area contributed by atoms with Crippen LogP contribution in [0.25, 0.3) is 0 Å². The molecule has 0 unspecified atom stereocenters. The van der Waals surface area contributed by atoms with Gasteiger partial charge in [-0.05, 0) is 95.6 Å². The van der Waals surface area contributed by atoms with Gasteiger partial charge in [0.2, 0.25) is 0 Å². The molecule has 0 fully saturated rings. The molecule has 2 amide bonds. The Balaban J connectivity index is 1.64. The molecule has 34 heavy (non-hydrogen) atoms. The number of nitrogens with one attached hydrogen (secondary N) is 2. The van der Waals surface area contributed by atoms with Crippen molar-refractivity contribution in [2.24, 2.45) is 5.10 Å². The molecular formula is C25H23BrIN3O4. The van der Waals surface area contributed by atoms with Crippen molar-refractivity contribution >= 4 is 62.2 Å². The number of aryl methyl sites for hydroxylation is 2. The number of amides is 2. The van der Waals surface area contributed by atoms with Crippen LogP contribution in [0.5, 0.6) is 11.5 Å². The SMILES string of the molecule is COc1cc(/C=N/NC(=O)c2ccc(Br)cc2)cc(I)c1OCC(=O)Nc1cc(C)ccc1C. The Morgan fingerprint density at radius 2 is 1.82 bits per heavy atom. The number of hydrazone groups is 1. The number of benzene rings is 3. The summed E-state index contributed by atoms with van der Waals surface area (Å²) < 4.78 is 12.8. The molecule has 2 N–H and O–H groups in total. The fraction of sp³-hybridized carbons (Fsp3) is 0.160. The van der Waals surface area contributed by atoms with Crippen molar-refractivity contribution in [3.63, 3.8) is 0 Å². The van der Waals surface area contributed by atoms with E-state index in [0.29, 0.717) is 22.6 Å². The zero-order valence-electron chi connectivity index (χ0n) is 18.8. The van der Waals surface area contributed by atoms with E-state index >= 15 is 0 Å². The highest BCUT2D eigenvalue weighted by Gasteiger charge is 2.14. The van der Waals surface area contributed by atoms with E-state index in [-0.39, 0.29) is 18.4 Å². The van der Waals surface area contributed by atoms with Crippen LogP contribution in [-0.4, -0.2) is 31.7 Å². The minimum atomic E-state index is -0.319. The second kappa shape index (κ2) is 12.0. The van der Waals surface area contributed by atoms with Crippen molar-refractivity contribution in [3.05, 3.63) is 84.9 Å². The summed E-state index contributed by atoms with van der Waals surface area (Å²) in [4.78, 5) is 24.6. The third-order valence-corrected chi connectivity index (χ3v) is 6.08. The number of ether oxygens (including phenoxy) is 2. The van der Waals surface area contributed by atoms with Crippen molar-refractivity contribution in [1.29, 1.82) is 0 Å². The van der Waals surface area contributed by atoms with E-state index < -0.39 is 0 Å². The summed E-state index contributed by atoms with van der Waals surface area (Å²) in [6, 6.07) is 16.4. The third-order valence-electron chi connectivity index (χ3n) is 4.75. The lowest BCUT2D eigenvalue weighted by molar-refractivity contribution is -0.118. The van der Waals surface area contributed by atoms with Gasteiger partial charge in [0.15, 0.2) is 18.1 Å². The number of rotatable bonds is 8. The summed E-state index contributed by atoms with van der Waals surface area (Å²) in [5.74, 6) is 0.315. The van der Waals surface area contributed by atoms with Crippen LogP contribution in [0.4, 0.5) is 5.69 Å². The van der Waals surface area contributed by atoms with E-state index in [1.165, 1.54) is 13.3 Å². The minimum Gasteiger partial charge on any atom is -0.493 e. The lowest BCUT2D eigenvalue weighted by Crippen LogP contribution is -2.21. The molecule has 3 aromatic carbocycles. The fourth-order valence-corrected chi connectivity index (χ4v) is 4.03. The maximum atomic E-state index is 12.4. The summed E-state index contributed by atoms with van der Waals surface area (Å²) in [5, 5.41) is 6.90. The normalized spacial score (nSPS) is 10.7. The number of hydrogen-bond acceptors (Lipinski definition) is 5. The Kier molecular flexibility index (Phi) is 9.05. The number of hydrogen-bond donors (Lipinski definition) is 2. The molecule has 0 bridgehead atoms. The second-order valence-electron chi connectivity index (χ2n) is 7.40. The van der Waals surface area contributed by atoms with E-state index in [0.717, 1.165) is 24.9 Å². The average molecular weight is 636 g/mol. The molecule has 0 aliphatic carbocycles. The van der Waals surface area contributed by atoms with Crippen LogP contribution in [0.15, 0.2) is 64.2 Å². The maximum Gasteiger partial charge on any atom is 0.271 e. The Bertz CT molecular complexity index is 1230. The Morgan fingerprint density at radius 3 is 2.53 bits per heavy atom. The molecule has 0 spiro atoms. The van der Waals surface area contributed by atoms with Gasteiger partial charge in [0.25, 0.3) is 11.8 Å². The predicted octanol–water partition coefficient (Wildman–Crippen LogP) is 5.46. The molecule has 0 saturated heterocycles. The van der Waals surface area contributed by atoms with Crippen LogP contribution in [0.3, 0.4) is 0 Å². The number of anilines is 1. The first kappa shape index (κ1) is 25.7. The van der Waals surface area contributed by atoms with Gasteiger partial charge >= 0.3 is 0 Å². The molecule has 3 rings (SSSR count). The lowest BCUT2D eigenvalue weighted by atomic mass is 10.1. The topological polar surface area (TPSA) is 89.0 Å². The van der Waals surface area contributed by atoms with E-state index in [2.05, 4.69) is 54.4 Å². The van der Waals surface area contributed by atoms with Crippen molar-refractivity contribution < 1.29 is 19.1 Å². The highest BCUT2D eigenvalue weighted by atomic mass is 127. The van der Waals surface area contributed by atoms with Crippen molar-refractivity contribution in [1.82, 2.24) is 5.43 Å². The number of halogens is 2. The lowest BCUT2D eigenvalue weighted by Gasteiger charge is -2.14. The first-order chi connectivity index (χ1) is 16.3. The maximum absolute atomic E-state index is 12.4. The summed E-state index contributed by atoms with van der Waals surface area (Å²) in [6.07, 6.45) is 1.51. The number of carbonyl (C=O) groups excluding carboxylic acids is 2. The molecular weight excluding hydrogens is 613 g/mol. The summed E-state index contributed by atoms with van der Waals surface area (Å²) >= 11 is 5.44. The van der Waals surface area contributed by atoms with Crippen LogP contribution in [-0.2, 0) is 4.79 Å². The summed E-state index contributed by atoms with van der Waals surface area (Å²) in [7, 11) is 1.52. The molecule has 3 aromatic rings. The van der Waals surface area contributed by atoms with Crippen molar-refractivity contribution in [2.75, 3.05) is 19.0 Å². The van der Waals surface area contributed by atoms with E-state index in [4.69, 9.17) is 9.47 Å². The average Bonchev–Trinajstić information content (AvgIpc) is 2.80. The zero-order valence-corrected chi connectivity index (χ0v) is 22.6. The van der Waals surface area contributed by atoms with Crippen LogP contribution in [0.2, 0.25) is 0 Å². The van der Waals surface area contributed by atoms with Gasteiger partial charge < -0.3 is 14.8 Å². The quantitative estimate of drug-likeness (QED) is 0.195. The molecule has 0 radical (unpaired) electrons. The summed E-state index contributed by atoms with van der Waals surface area (Å²) in [5.41, 5.74) is 6.48. The van der Waals surface area contributed by atoms with Crippen LogP contribution in [0, 0.1) is 17.4 Å². The number of methoxy groups -OCH3 is 1. The van der Waals surface area contributed by atoms with Gasteiger partial charge in [0.1, 0.15) is 0 Å². The van der Waals surface area contributed by atoms with Gasteiger partial charge in [-0.25, -0.2) is 5.43 Å². The first-order valence-electron chi connectivity index (χ1n) is 10.2. The monoisotopic (exact) mass is 635 g/mol. The predicted molar refractivity (Wildman–Crippen MR) is 145 cm³/mol. The minimum absolute atomic E-state index is 0.170. The van der Waals surface area contributed by atoms with Gasteiger partial charge in [0.05, 0.1) is 16.9 Å². The molecule has 7 nitrogen and oxygen atoms in total. The number of nitrogens with zero attached hydrogens (tertiary/aromatic N) is 1. The zero-order chi connectivity index (χ0) is 24.7. The number of carbonyl (C=O) groups is 2. The standard InChI is InChI=1S/C25H23BrIN3O4/c1-15-4-5-16(2)21(10-15)29-23(31)14-34-24-20(27)11-17(12-22(24)33-3)13-28-30-25(32)18-6-8-19(26)9-7-18/h4-13H,14H2,1-3H3,(H,29,31)(H,30,32)/b28-13+. The Labute approximate surface area is 220 Å². The van der Waals surface area contributed by atoms with Gasteiger partial charge in [-0.15, -0.1) is 0 Å². The van der Waals surface area contributed by atoms with Gasteiger partial charge in [-0.1, -0.05) is 28.1 Å². The van der Waals surface area contributed by atoms with Crippen LogP contribution < -0.4 is 20.2 Å². The van der Waals surface area contributed by atoms with Crippen LogP contribution in [0.1, 0.15) is 27.0 Å². The molecule has 0 aliphatic rings. The smallest absolute Gasteiger partial charge is 0.271 e. The highest BCUT2D eigenvalue weighted by Crippen LogP contribution is 2.33. The fourth-order valence-electron chi connectivity index (χ4n) is 2.98. The second-order valence-corrected chi connectivity index (χ2v) is 9.47. The Morgan fingerprint density at radius 1 is 1.09 bits per heavy atom. The van der Waals surface area contributed by atoms with Gasteiger partial charge in [-0.2, -0.15) is 5.10 Å². The van der Waals surface area contributed by atoms with Gasteiger partial charge in [-0.3, -0.25) is 9.59 Å². The molecule has 0 saturated carbocycles. The van der Waals surface area contributed by atoms with E-state index in [9.17, 15) is 9.59 Å². The molecule has 0 atom stereocenters. The highest BCUT2D eigenvalue weighted by molar-refractivity contribution is 14.1. The Hall–Kier alpha value is -2.92. The molecule has 0 aromatic heterocycles. The molecule has 176 valence electrons. The third kappa shape index (κ3) is 7.04. The first-order valence-corrected chi connectivity index (χ1v) is 12.1. The largest absolute Gasteiger partial charge is 0.493 e. The van der Waals surface area contributed by atoms with Crippen LogP contribution >= 0.6 is 38.5 Å². The molecule has 0 heterocycles. The summed E-state index contributed by atoms with van der Waals surface area (Å²) in [6.45, 7) is 3.73. The van der Waals surface area contributed by atoms with E-state index in [1.807, 2.05) is 38.1 Å². The van der Waals surface area contributed by atoms with Crippen molar-refractivity contribution in [2.45, 2.75) is 13.8 Å². The molecule has 0 aliphatic heterocycles. The van der Waals surface area contributed by atoms with Gasteiger partial charge in [0, 0.05) is 15.7 Å². The van der Waals surface area contributed by atoms with E-state index in [1.54, 1.807) is 30.3 Å². The molecule has 9 heteroatoms.